The van der Waals surface area contributed by atoms with Gasteiger partial charge in [0, 0.05) is 5.56 Å². The molecule has 36 heavy (non-hydrogen) atoms. The molecule has 3 aromatic rings. The second kappa shape index (κ2) is 11.9. The first-order valence-corrected chi connectivity index (χ1v) is 12.9. The fraction of sp³-hybridized carbons (Fsp3) is 0.107. The van der Waals surface area contributed by atoms with E-state index in [1.54, 1.807) is 19.1 Å². The van der Waals surface area contributed by atoms with Gasteiger partial charge >= 0.3 is 5.97 Å². The van der Waals surface area contributed by atoms with E-state index in [0.29, 0.717) is 26.9 Å². The van der Waals surface area contributed by atoms with Crippen molar-refractivity contribution in [2.24, 2.45) is 4.99 Å². The Morgan fingerprint density at radius 2 is 1.89 bits per heavy atom. The molecule has 6 nitrogen and oxygen atoms in total. The summed E-state index contributed by atoms with van der Waals surface area (Å²) in [6, 6.07) is 24.4. The van der Waals surface area contributed by atoms with Gasteiger partial charge in [0.2, 0.25) is 0 Å². The van der Waals surface area contributed by atoms with E-state index in [2.05, 4.69) is 33.7 Å². The smallest absolute Gasteiger partial charge is 0.344 e. The van der Waals surface area contributed by atoms with Crippen molar-refractivity contribution >= 4 is 57.1 Å². The van der Waals surface area contributed by atoms with Crippen LogP contribution < -0.4 is 4.74 Å². The maximum Gasteiger partial charge on any atom is 0.344 e. The average molecular weight is 608 g/mol. The summed E-state index contributed by atoms with van der Waals surface area (Å²) in [7, 11) is 0. The monoisotopic (exact) mass is 608 g/mol. The zero-order valence-corrected chi connectivity index (χ0v) is 22.2. The Morgan fingerprint density at radius 1 is 1.14 bits per heavy atom. The lowest BCUT2D eigenvalue weighted by Crippen LogP contribution is -2.12. The number of rotatable bonds is 7. The highest BCUT2D eigenvalue weighted by Gasteiger charge is 2.33. The molecule has 0 saturated carbocycles. The number of aliphatic hydroxyl groups excluding tert-OH is 1. The van der Waals surface area contributed by atoms with Gasteiger partial charge in [-0.1, -0.05) is 54.2 Å². The van der Waals surface area contributed by atoms with Crippen LogP contribution in [0, 0.1) is 14.9 Å². The molecule has 3 aromatic carbocycles. The maximum atomic E-state index is 12.6. The molecule has 0 aliphatic carbocycles. The van der Waals surface area contributed by atoms with Crippen molar-refractivity contribution in [3.05, 3.63) is 109 Å². The minimum Gasteiger partial charge on any atom is -0.506 e. The molecule has 0 bridgehead atoms. The van der Waals surface area contributed by atoms with Gasteiger partial charge in [0.25, 0.3) is 0 Å². The zero-order valence-electron chi connectivity index (χ0n) is 19.3. The molecule has 1 heterocycles. The number of para-hydroxylation sites is 1. The predicted molar refractivity (Wildman–Crippen MR) is 150 cm³/mol. The van der Waals surface area contributed by atoms with E-state index >= 15 is 0 Å². The molecule has 8 heteroatoms. The quantitative estimate of drug-likeness (QED) is 0.231. The van der Waals surface area contributed by atoms with E-state index in [0.717, 1.165) is 14.7 Å². The van der Waals surface area contributed by atoms with Crippen LogP contribution in [0.5, 0.6) is 5.75 Å². The molecule has 0 saturated heterocycles. The van der Waals surface area contributed by atoms with Gasteiger partial charge in [-0.2, -0.15) is 5.26 Å². The lowest BCUT2D eigenvalue weighted by Gasteiger charge is -2.10. The number of aliphatic imine (C=N–C) groups is 1. The highest BCUT2D eigenvalue weighted by molar-refractivity contribution is 14.1. The van der Waals surface area contributed by atoms with E-state index in [4.69, 9.17) is 9.47 Å². The summed E-state index contributed by atoms with van der Waals surface area (Å²) in [5.41, 5.74) is 2.95. The predicted octanol–water partition coefficient (Wildman–Crippen LogP) is 6.93. The fourth-order valence-corrected chi connectivity index (χ4v) is 5.13. The number of hydrogen-bond donors (Lipinski definition) is 1. The van der Waals surface area contributed by atoms with Crippen LogP contribution in [0.15, 0.2) is 94.0 Å². The Kier molecular flexibility index (Phi) is 8.46. The van der Waals surface area contributed by atoms with Crippen LogP contribution >= 0.6 is 34.4 Å². The minimum atomic E-state index is -0.614. The summed E-state index contributed by atoms with van der Waals surface area (Å²) in [6.07, 6.45) is 1.80. The first-order valence-electron chi connectivity index (χ1n) is 11.0. The number of carbonyl (C=O) groups excluding carboxylic acids is 1. The van der Waals surface area contributed by atoms with Gasteiger partial charge in [0.05, 0.1) is 32.4 Å². The second-order valence-corrected chi connectivity index (χ2v) is 9.75. The number of nitrogens with zero attached hydrogens (tertiary/aromatic N) is 2. The first-order chi connectivity index (χ1) is 17.5. The van der Waals surface area contributed by atoms with Gasteiger partial charge < -0.3 is 14.6 Å². The largest absolute Gasteiger partial charge is 0.506 e. The highest BCUT2D eigenvalue weighted by atomic mass is 127. The third-order valence-corrected chi connectivity index (χ3v) is 6.99. The van der Waals surface area contributed by atoms with E-state index in [1.165, 1.54) is 11.8 Å². The Hall–Kier alpha value is -3.55. The number of benzene rings is 3. The standard InChI is InChI=1S/C28H21IN2O4S/c1-2-34-28(33)25-26(32)24(36-27(25)31-21-10-4-3-5-11-21)15-18-12-13-23(22(29)14-18)35-17-20-9-7-6-8-19(20)16-30/h3-15,32H,2,17H2,1H3/b24-15-,31-27?. The molecule has 0 aromatic heterocycles. The number of aliphatic hydroxyl groups is 1. The summed E-state index contributed by atoms with van der Waals surface area (Å²) in [6.45, 7) is 2.19. The van der Waals surface area contributed by atoms with Crippen LogP contribution in [-0.4, -0.2) is 22.7 Å². The Balaban J connectivity index is 1.59. The summed E-state index contributed by atoms with van der Waals surface area (Å²) in [4.78, 5) is 17.6. The third kappa shape index (κ3) is 5.98. The number of thioether (sulfide) groups is 1. The summed E-state index contributed by atoms with van der Waals surface area (Å²) in [5, 5.41) is 20.5. The molecule has 0 fully saturated rings. The zero-order chi connectivity index (χ0) is 25.5. The average Bonchev–Trinajstić information content (AvgIpc) is 3.18. The third-order valence-electron chi connectivity index (χ3n) is 5.13. The van der Waals surface area contributed by atoms with Crippen LogP contribution in [0.3, 0.4) is 0 Å². The molecule has 1 aliphatic heterocycles. The van der Waals surface area contributed by atoms with Gasteiger partial charge in [-0.05, 0) is 71.5 Å². The van der Waals surface area contributed by atoms with Gasteiger partial charge in [0.15, 0.2) is 0 Å². The Bertz CT molecular complexity index is 1420. The first kappa shape index (κ1) is 25.5. The van der Waals surface area contributed by atoms with Gasteiger partial charge in [-0.25, -0.2) is 9.79 Å². The van der Waals surface area contributed by atoms with Crippen LogP contribution in [0.1, 0.15) is 23.6 Å². The number of ether oxygens (including phenoxy) is 2. The van der Waals surface area contributed by atoms with Crippen molar-refractivity contribution in [2.75, 3.05) is 6.61 Å². The second-order valence-electron chi connectivity index (χ2n) is 7.55. The van der Waals surface area contributed by atoms with Crippen molar-refractivity contribution in [2.45, 2.75) is 13.5 Å². The van der Waals surface area contributed by atoms with Gasteiger partial charge in [0.1, 0.15) is 28.7 Å². The molecular formula is C28H21IN2O4S. The molecule has 0 amide bonds. The van der Waals surface area contributed by atoms with E-state index in [9.17, 15) is 15.2 Å². The summed E-state index contributed by atoms with van der Waals surface area (Å²) in [5.74, 6) is -0.0870. The van der Waals surface area contributed by atoms with E-state index < -0.39 is 5.97 Å². The minimum absolute atomic E-state index is 0.0581. The van der Waals surface area contributed by atoms with Crippen LogP contribution in [0.2, 0.25) is 0 Å². The van der Waals surface area contributed by atoms with Crippen LogP contribution in [0.25, 0.3) is 6.08 Å². The normalized spacial score (nSPS) is 15.2. The van der Waals surface area contributed by atoms with E-state index in [-0.39, 0.29) is 24.5 Å². The molecule has 180 valence electrons. The molecule has 0 unspecified atom stereocenters. The van der Waals surface area contributed by atoms with Gasteiger partial charge in [-0.3, -0.25) is 0 Å². The van der Waals surface area contributed by atoms with Crippen molar-refractivity contribution in [1.82, 2.24) is 0 Å². The molecule has 0 radical (unpaired) electrons. The molecular weight excluding hydrogens is 587 g/mol. The molecule has 0 spiro atoms. The van der Waals surface area contributed by atoms with Crippen molar-refractivity contribution in [1.29, 1.82) is 5.26 Å². The molecule has 1 aliphatic rings. The molecule has 1 N–H and O–H groups in total. The van der Waals surface area contributed by atoms with Crippen molar-refractivity contribution in [3.63, 3.8) is 0 Å². The van der Waals surface area contributed by atoms with Crippen LogP contribution in [0.4, 0.5) is 5.69 Å². The van der Waals surface area contributed by atoms with Crippen molar-refractivity contribution in [3.8, 4) is 11.8 Å². The Labute approximate surface area is 227 Å². The lowest BCUT2D eigenvalue weighted by atomic mass is 10.1. The number of halogens is 1. The SMILES string of the molecule is CCOC(=O)C1=C(O)/C(=C/c2ccc(OCc3ccccc3C#N)c(I)c2)SC1=Nc1ccccc1. The number of carbonyl (C=O) groups is 1. The molecule has 4 rings (SSSR count). The summed E-state index contributed by atoms with van der Waals surface area (Å²) >= 11 is 3.40. The lowest BCUT2D eigenvalue weighted by molar-refractivity contribution is -0.138. The highest BCUT2D eigenvalue weighted by Crippen LogP contribution is 2.40. The number of nitriles is 1. The number of esters is 1. The van der Waals surface area contributed by atoms with E-state index in [1.807, 2.05) is 66.7 Å². The maximum absolute atomic E-state index is 12.6. The topological polar surface area (TPSA) is 91.9 Å². The Morgan fingerprint density at radius 3 is 2.61 bits per heavy atom. The number of hydrogen-bond acceptors (Lipinski definition) is 7. The molecule has 0 atom stereocenters. The van der Waals surface area contributed by atoms with Crippen molar-refractivity contribution < 1.29 is 19.4 Å². The van der Waals surface area contributed by atoms with Crippen LogP contribution in [-0.2, 0) is 16.1 Å². The van der Waals surface area contributed by atoms with Gasteiger partial charge in [-0.15, -0.1) is 0 Å². The fourth-order valence-electron chi connectivity index (χ4n) is 3.40. The summed E-state index contributed by atoms with van der Waals surface area (Å²) < 4.78 is 12.0.